The van der Waals surface area contributed by atoms with Gasteiger partial charge in [-0.25, -0.2) is 0 Å². The van der Waals surface area contributed by atoms with Crippen molar-refractivity contribution in [1.82, 2.24) is 0 Å². The van der Waals surface area contributed by atoms with E-state index in [2.05, 4.69) is 33.4 Å². The third-order valence-corrected chi connectivity index (χ3v) is 8.76. The van der Waals surface area contributed by atoms with Gasteiger partial charge in [0.1, 0.15) is 6.61 Å². The average molecular weight is 635 g/mol. The van der Waals surface area contributed by atoms with Crippen molar-refractivity contribution in [2.75, 3.05) is 12.4 Å². The molecule has 3 aromatic rings. The first kappa shape index (κ1) is 25.4. The number of halogens is 6. The predicted octanol–water partition coefficient (Wildman–Crippen LogP) is 10.1. The van der Waals surface area contributed by atoms with E-state index in [4.69, 9.17) is 67.5 Å². The van der Waals surface area contributed by atoms with Crippen molar-refractivity contribution in [3.8, 4) is 11.5 Å². The monoisotopic (exact) mass is 631 g/mol. The fraction of sp³-hybridized carbons (Fsp3) is 0.231. The summed E-state index contributed by atoms with van der Waals surface area (Å²) in [6.45, 7) is 0.267. The van der Waals surface area contributed by atoms with Crippen molar-refractivity contribution in [3.05, 3.63) is 94.8 Å². The molecule has 0 unspecified atom stereocenters. The molecule has 0 fully saturated rings. The molecule has 0 saturated carbocycles. The van der Waals surface area contributed by atoms with Crippen molar-refractivity contribution in [2.24, 2.45) is 5.92 Å². The van der Waals surface area contributed by atoms with Crippen molar-refractivity contribution >= 4 is 79.6 Å². The highest BCUT2D eigenvalue weighted by Crippen LogP contribution is 2.55. The van der Waals surface area contributed by atoms with E-state index in [0.717, 1.165) is 33.3 Å². The molecule has 0 spiro atoms. The minimum atomic E-state index is -0.0257. The van der Waals surface area contributed by atoms with Crippen LogP contribution >= 0.6 is 73.9 Å². The molecule has 9 heteroatoms. The molecule has 1 heterocycles. The van der Waals surface area contributed by atoms with Gasteiger partial charge in [-0.15, -0.1) is 0 Å². The molecule has 0 saturated heterocycles. The lowest BCUT2D eigenvalue weighted by Crippen LogP contribution is -2.29. The fourth-order valence-corrected chi connectivity index (χ4v) is 6.68. The van der Waals surface area contributed by atoms with Crippen LogP contribution in [0.3, 0.4) is 0 Å². The topological polar surface area (TPSA) is 30.5 Å². The summed E-state index contributed by atoms with van der Waals surface area (Å²) in [6, 6.07) is 11.0. The lowest BCUT2D eigenvalue weighted by atomic mass is 9.77. The van der Waals surface area contributed by atoms with Crippen LogP contribution in [0, 0.1) is 5.92 Å². The Morgan fingerprint density at radius 1 is 1.00 bits per heavy atom. The van der Waals surface area contributed by atoms with Gasteiger partial charge in [0.05, 0.1) is 38.4 Å². The third kappa shape index (κ3) is 4.74. The first-order valence-electron chi connectivity index (χ1n) is 10.8. The number of fused-ring (bicyclic) bond motifs is 3. The van der Waals surface area contributed by atoms with E-state index >= 15 is 0 Å². The standard InChI is InChI=1S/C26H19BrCl5NO2/c1-34-21-8-13(7-17(27)26(21)35-11-12-5-6-14(28)9-18(12)29)24-16-4-2-3-15(16)22-23(32)19(30)10-20(31)25(22)33-24/h2-3,5-10,15-16,24,33H,4,11H2,1H3/t15-,16+,24+/m1/s1. The van der Waals surface area contributed by atoms with Crippen molar-refractivity contribution in [2.45, 2.75) is 25.0 Å². The van der Waals surface area contributed by atoms with Crippen LogP contribution in [0.1, 0.15) is 35.1 Å². The molecule has 0 radical (unpaired) electrons. The second-order valence-corrected chi connectivity index (χ2v) is 11.4. The van der Waals surface area contributed by atoms with E-state index in [1.54, 1.807) is 25.3 Å². The first-order valence-corrected chi connectivity index (χ1v) is 13.5. The number of methoxy groups -OCH3 is 1. The Labute approximate surface area is 237 Å². The number of rotatable bonds is 5. The van der Waals surface area contributed by atoms with Gasteiger partial charge in [0, 0.05) is 27.1 Å². The number of allylic oxidation sites excluding steroid dienone is 2. The zero-order valence-corrected chi connectivity index (χ0v) is 23.7. The van der Waals surface area contributed by atoms with E-state index in [1.807, 2.05) is 18.2 Å². The summed E-state index contributed by atoms with van der Waals surface area (Å²) in [5, 5.41) is 6.30. The van der Waals surface area contributed by atoms with Gasteiger partial charge in [-0.05, 0) is 64.2 Å². The van der Waals surface area contributed by atoms with E-state index in [-0.39, 0.29) is 24.5 Å². The average Bonchev–Trinajstić information content (AvgIpc) is 3.31. The molecular weight excluding hydrogens is 615 g/mol. The molecule has 0 amide bonds. The Morgan fingerprint density at radius 2 is 1.80 bits per heavy atom. The SMILES string of the molecule is COc1cc([C@@H]2Nc3c(Cl)cc(Cl)c(Cl)c3[C@@H]3C=CC[C@@H]32)cc(Br)c1OCc1ccc(Cl)cc1Cl. The maximum Gasteiger partial charge on any atom is 0.175 e. The summed E-state index contributed by atoms with van der Waals surface area (Å²) in [4.78, 5) is 0. The highest BCUT2D eigenvalue weighted by molar-refractivity contribution is 9.10. The summed E-state index contributed by atoms with van der Waals surface area (Å²) in [5.74, 6) is 1.54. The zero-order chi connectivity index (χ0) is 24.9. The van der Waals surface area contributed by atoms with Gasteiger partial charge in [0.2, 0.25) is 0 Å². The number of ether oxygens (including phenoxy) is 2. The molecule has 3 nitrogen and oxygen atoms in total. The zero-order valence-electron chi connectivity index (χ0n) is 18.3. The van der Waals surface area contributed by atoms with Crippen LogP contribution in [0.2, 0.25) is 25.1 Å². The maximum atomic E-state index is 6.62. The maximum absolute atomic E-state index is 6.62. The Kier molecular flexibility index (Phi) is 7.43. The number of hydrogen-bond donors (Lipinski definition) is 1. The molecule has 0 bridgehead atoms. The second-order valence-electron chi connectivity index (χ2n) is 8.48. The molecule has 1 aliphatic carbocycles. The number of anilines is 1. The Morgan fingerprint density at radius 3 is 2.54 bits per heavy atom. The van der Waals surface area contributed by atoms with Crippen LogP contribution in [0.15, 0.2) is 53.0 Å². The minimum absolute atomic E-state index is 0.0257. The van der Waals surface area contributed by atoms with Crippen molar-refractivity contribution in [3.63, 3.8) is 0 Å². The molecule has 182 valence electrons. The van der Waals surface area contributed by atoms with E-state index in [9.17, 15) is 0 Å². The lowest BCUT2D eigenvalue weighted by Gasteiger charge is -2.38. The highest BCUT2D eigenvalue weighted by Gasteiger charge is 2.41. The Balaban J connectivity index is 1.49. The predicted molar refractivity (Wildman–Crippen MR) is 149 cm³/mol. The molecule has 2 aliphatic rings. The highest BCUT2D eigenvalue weighted by atomic mass is 79.9. The smallest absolute Gasteiger partial charge is 0.175 e. The number of nitrogens with one attached hydrogen (secondary N) is 1. The lowest BCUT2D eigenvalue weighted by molar-refractivity contribution is 0.282. The fourth-order valence-electron chi connectivity index (χ4n) is 4.84. The van der Waals surface area contributed by atoms with Crippen LogP contribution in [0.25, 0.3) is 0 Å². The largest absolute Gasteiger partial charge is 0.493 e. The molecular formula is C26H19BrCl5NO2. The van der Waals surface area contributed by atoms with Crippen LogP contribution in [0.4, 0.5) is 5.69 Å². The molecule has 5 rings (SSSR count). The van der Waals surface area contributed by atoms with Gasteiger partial charge >= 0.3 is 0 Å². The third-order valence-electron chi connectivity index (χ3n) is 6.48. The number of benzene rings is 3. The summed E-state index contributed by atoms with van der Waals surface area (Å²) in [6.07, 6.45) is 5.27. The van der Waals surface area contributed by atoms with Gasteiger partial charge in [-0.1, -0.05) is 76.2 Å². The quantitative estimate of drug-likeness (QED) is 0.224. The molecule has 1 aliphatic heterocycles. The first-order chi connectivity index (χ1) is 16.8. The Hall–Kier alpha value is -1.27. The van der Waals surface area contributed by atoms with Crippen LogP contribution in [0.5, 0.6) is 11.5 Å². The summed E-state index contributed by atoms with van der Waals surface area (Å²) in [5.41, 5.74) is 3.62. The summed E-state index contributed by atoms with van der Waals surface area (Å²) >= 11 is 35.6. The van der Waals surface area contributed by atoms with Gasteiger partial charge in [0.15, 0.2) is 11.5 Å². The van der Waals surface area contributed by atoms with E-state index in [1.165, 1.54) is 0 Å². The number of hydrogen-bond acceptors (Lipinski definition) is 3. The van der Waals surface area contributed by atoms with Gasteiger partial charge in [0.25, 0.3) is 0 Å². The van der Waals surface area contributed by atoms with E-state index in [0.29, 0.717) is 36.6 Å². The normalized spacial score (nSPS) is 20.3. The van der Waals surface area contributed by atoms with Gasteiger partial charge < -0.3 is 14.8 Å². The van der Waals surface area contributed by atoms with Crippen molar-refractivity contribution in [1.29, 1.82) is 0 Å². The summed E-state index contributed by atoms with van der Waals surface area (Å²) in [7, 11) is 1.62. The van der Waals surface area contributed by atoms with E-state index < -0.39 is 0 Å². The molecule has 1 N–H and O–H groups in total. The second kappa shape index (κ2) is 10.2. The Bertz CT molecular complexity index is 1350. The van der Waals surface area contributed by atoms with Crippen LogP contribution in [-0.2, 0) is 6.61 Å². The molecule has 3 atom stereocenters. The molecule has 0 aromatic heterocycles. The van der Waals surface area contributed by atoms with Crippen LogP contribution in [-0.4, -0.2) is 7.11 Å². The molecule has 3 aromatic carbocycles. The van der Waals surface area contributed by atoms with Crippen LogP contribution < -0.4 is 14.8 Å². The van der Waals surface area contributed by atoms with Gasteiger partial charge in [-0.3, -0.25) is 0 Å². The summed E-state index contributed by atoms with van der Waals surface area (Å²) < 4.78 is 12.6. The minimum Gasteiger partial charge on any atom is -0.493 e. The van der Waals surface area contributed by atoms with Gasteiger partial charge in [-0.2, -0.15) is 0 Å². The molecule has 35 heavy (non-hydrogen) atoms. The van der Waals surface area contributed by atoms with Crippen molar-refractivity contribution < 1.29 is 9.47 Å².